The highest BCUT2D eigenvalue weighted by Gasteiger charge is 2.28. The van der Waals surface area contributed by atoms with Gasteiger partial charge in [-0.25, -0.2) is 8.78 Å². The number of nitrogens with one attached hydrogen (secondary N) is 1. The first kappa shape index (κ1) is 15.4. The Balaban J connectivity index is 2.12. The van der Waals surface area contributed by atoms with Crippen LogP contribution in [0.15, 0.2) is 18.2 Å². The highest BCUT2D eigenvalue weighted by molar-refractivity contribution is 5.22. The molecule has 0 aromatic heterocycles. The number of hydrogen-bond acceptors (Lipinski definition) is 3. The van der Waals surface area contributed by atoms with Crippen molar-refractivity contribution in [2.24, 2.45) is 0 Å². The molecule has 1 aliphatic rings. The van der Waals surface area contributed by atoms with Gasteiger partial charge in [0.1, 0.15) is 0 Å². The third-order valence-corrected chi connectivity index (χ3v) is 3.70. The predicted molar refractivity (Wildman–Crippen MR) is 74.6 cm³/mol. The van der Waals surface area contributed by atoms with Gasteiger partial charge in [0.2, 0.25) is 0 Å². The van der Waals surface area contributed by atoms with E-state index in [-0.39, 0.29) is 12.1 Å². The minimum Gasteiger partial charge on any atom is -0.374 e. The minimum atomic E-state index is -0.819. The lowest BCUT2D eigenvalue weighted by Gasteiger charge is -2.37. The van der Waals surface area contributed by atoms with E-state index in [9.17, 15) is 8.78 Å². The molecule has 0 saturated carbocycles. The Morgan fingerprint density at radius 3 is 2.85 bits per heavy atom. The van der Waals surface area contributed by atoms with Crippen LogP contribution in [0.5, 0.6) is 0 Å². The highest BCUT2D eigenvalue weighted by atomic mass is 19.2. The Morgan fingerprint density at radius 1 is 1.40 bits per heavy atom. The first-order valence-electron chi connectivity index (χ1n) is 7.12. The van der Waals surface area contributed by atoms with E-state index in [1.54, 1.807) is 6.07 Å². The van der Waals surface area contributed by atoms with E-state index >= 15 is 0 Å². The van der Waals surface area contributed by atoms with Crippen LogP contribution in [-0.4, -0.2) is 44.3 Å². The van der Waals surface area contributed by atoms with E-state index in [1.165, 1.54) is 12.1 Å². The van der Waals surface area contributed by atoms with Crippen LogP contribution in [0.1, 0.15) is 24.9 Å². The van der Waals surface area contributed by atoms with Crippen molar-refractivity contribution in [2.75, 3.05) is 33.3 Å². The summed E-state index contributed by atoms with van der Waals surface area (Å²) in [5.41, 5.74) is 0.717. The lowest BCUT2D eigenvalue weighted by molar-refractivity contribution is -0.0459. The molecule has 1 saturated heterocycles. The molecule has 2 atom stereocenters. The van der Waals surface area contributed by atoms with Gasteiger partial charge in [-0.1, -0.05) is 13.0 Å². The number of nitrogens with zero attached hydrogens (tertiary/aromatic N) is 1. The Labute approximate surface area is 118 Å². The Morgan fingerprint density at radius 2 is 2.20 bits per heavy atom. The summed E-state index contributed by atoms with van der Waals surface area (Å²) in [7, 11) is 1.81. The standard InChI is InChI=1S/C15H22F2N2O/c1-3-6-19-7-8-20-14(10-19)15(18-2)11-4-5-12(16)13(17)9-11/h4-5,9,14-15,18H,3,6-8,10H2,1-2H3. The Kier molecular flexibility index (Phi) is 5.46. The zero-order valence-corrected chi connectivity index (χ0v) is 12.0. The van der Waals surface area contributed by atoms with Gasteiger partial charge in [-0.2, -0.15) is 0 Å². The van der Waals surface area contributed by atoms with E-state index in [0.717, 1.165) is 31.6 Å². The maximum atomic E-state index is 13.4. The molecule has 1 N–H and O–H groups in total. The van der Waals surface area contributed by atoms with Gasteiger partial charge >= 0.3 is 0 Å². The second-order valence-corrected chi connectivity index (χ2v) is 5.15. The minimum absolute atomic E-state index is 0.0508. The first-order chi connectivity index (χ1) is 9.65. The summed E-state index contributed by atoms with van der Waals surface area (Å²) in [6.07, 6.45) is 1.05. The Hall–Kier alpha value is -1.04. The molecule has 0 spiro atoms. The highest BCUT2D eigenvalue weighted by Crippen LogP contribution is 2.23. The van der Waals surface area contributed by atoms with Crippen LogP contribution in [0.2, 0.25) is 0 Å². The van der Waals surface area contributed by atoms with Crippen molar-refractivity contribution >= 4 is 0 Å². The molecular weight excluding hydrogens is 262 g/mol. The zero-order chi connectivity index (χ0) is 14.5. The summed E-state index contributed by atoms with van der Waals surface area (Å²) in [6.45, 7) is 5.59. The van der Waals surface area contributed by atoms with Crippen LogP contribution in [0.25, 0.3) is 0 Å². The van der Waals surface area contributed by atoms with Crippen molar-refractivity contribution in [3.63, 3.8) is 0 Å². The summed E-state index contributed by atoms with van der Waals surface area (Å²) >= 11 is 0. The normalized spacial score (nSPS) is 21.9. The lowest BCUT2D eigenvalue weighted by Crippen LogP contribution is -2.47. The maximum Gasteiger partial charge on any atom is 0.159 e. The van der Waals surface area contributed by atoms with Gasteiger partial charge in [-0.05, 0) is 37.7 Å². The topological polar surface area (TPSA) is 24.5 Å². The second-order valence-electron chi connectivity index (χ2n) is 5.15. The van der Waals surface area contributed by atoms with Gasteiger partial charge in [0.05, 0.1) is 18.8 Å². The second kappa shape index (κ2) is 7.11. The van der Waals surface area contributed by atoms with Gasteiger partial charge in [0, 0.05) is 13.1 Å². The van der Waals surface area contributed by atoms with E-state index in [4.69, 9.17) is 4.74 Å². The predicted octanol–water partition coefficient (Wildman–Crippen LogP) is 2.34. The molecule has 0 radical (unpaired) electrons. The van der Waals surface area contributed by atoms with Crippen LogP contribution in [0.4, 0.5) is 8.78 Å². The number of morpholine rings is 1. The molecule has 112 valence electrons. The molecule has 0 bridgehead atoms. The monoisotopic (exact) mass is 284 g/mol. The third-order valence-electron chi connectivity index (χ3n) is 3.70. The van der Waals surface area contributed by atoms with Gasteiger partial charge in [-0.3, -0.25) is 4.90 Å². The fourth-order valence-electron chi connectivity index (χ4n) is 2.73. The number of likely N-dealkylation sites (N-methyl/N-ethyl adjacent to an activating group) is 1. The van der Waals surface area contributed by atoms with Crippen LogP contribution < -0.4 is 5.32 Å². The first-order valence-corrected chi connectivity index (χ1v) is 7.12. The number of hydrogen-bond donors (Lipinski definition) is 1. The smallest absolute Gasteiger partial charge is 0.159 e. The van der Waals surface area contributed by atoms with Crippen LogP contribution >= 0.6 is 0 Å². The maximum absolute atomic E-state index is 13.4. The lowest BCUT2D eigenvalue weighted by atomic mass is 9.99. The summed E-state index contributed by atoms with van der Waals surface area (Å²) in [5.74, 6) is -1.63. The van der Waals surface area contributed by atoms with E-state index in [1.807, 2.05) is 7.05 Å². The van der Waals surface area contributed by atoms with E-state index in [0.29, 0.717) is 6.61 Å². The Bertz CT molecular complexity index is 440. The zero-order valence-electron chi connectivity index (χ0n) is 12.0. The van der Waals surface area contributed by atoms with Crippen molar-refractivity contribution < 1.29 is 13.5 Å². The summed E-state index contributed by atoms with van der Waals surface area (Å²) in [4.78, 5) is 2.35. The van der Waals surface area contributed by atoms with Gasteiger partial charge in [-0.15, -0.1) is 0 Å². The molecule has 1 aromatic carbocycles. The third kappa shape index (κ3) is 3.53. The SMILES string of the molecule is CCCN1CCOC(C(NC)c2ccc(F)c(F)c2)C1. The van der Waals surface area contributed by atoms with Gasteiger partial charge in [0.25, 0.3) is 0 Å². The molecule has 2 rings (SSSR count). The molecule has 3 nitrogen and oxygen atoms in total. The van der Waals surface area contributed by atoms with Crippen LogP contribution in [0, 0.1) is 11.6 Å². The summed E-state index contributed by atoms with van der Waals surface area (Å²) in [6, 6.07) is 3.90. The molecule has 5 heteroatoms. The average Bonchev–Trinajstić information content (AvgIpc) is 2.44. The van der Waals surface area contributed by atoms with Crippen LogP contribution in [-0.2, 0) is 4.74 Å². The van der Waals surface area contributed by atoms with Crippen molar-refractivity contribution in [1.82, 2.24) is 10.2 Å². The van der Waals surface area contributed by atoms with E-state index in [2.05, 4.69) is 17.1 Å². The molecule has 20 heavy (non-hydrogen) atoms. The molecule has 0 aliphatic carbocycles. The molecule has 1 aromatic rings. The van der Waals surface area contributed by atoms with Gasteiger partial charge < -0.3 is 10.1 Å². The quantitative estimate of drug-likeness (QED) is 0.898. The number of rotatable bonds is 5. The number of benzene rings is 1. The van der Waals surface area contributed by atoms with Gasteiger partial charge in [0.15, 0.2) is 11.6 Å². The molecule has 0 amide bonds. The molecular formula is C15H22F2N2O. The van der Waals surface area contributed by atoms with Crippen molar-refractivity contribution in [3.8, 4) is 0 Å². The molecule has 1 aliphatic heterocycles. The molecule has 2 unspecified atom stereocenters. The average molecular weight is 284 g/mol. The van der Waals surface area contributed by atoms with Crippen molar-refractivity contribution in [2.45, 2.75) is 25.5 Å². The van der Waals surface area contributed by atoms with Crippen LogP contribution in [0.3, 0.4) is 0 Å². The number of ether oxygens (including phenoxy) is 1. The van der Waals surface area contributed by atoms with Crippen molar-refractivity contribution in [3.05, 3.63) is 35.4 Å². The number of halogens is 2. The largest absolute Gasteiger partial charge is 0.374 e. The summed E-state index contributed by atoms with van der Waals surface area (Å²) in [5, 5.41) is 3.16. The van der Waals surface area contributed by atoms with Crippen molar-refractivity contribution in [1.29, 1.82) is 0 Å². The molecule has 1 fully saturated rings. The fourth-order valence-corrected chi connectivity index (χ4v) is 2.73. The molecule has 1 heterocycles. The summed E-state index contributed by atoms with van der Waals surface area (Å²) < 4.78 is 32.2. The van der Waals surface area contributed by atoms with E-state index < -0.39 is 11.6 Å². The fraction of sp³-hybridized carbons (Fsp3) is 0.600.